The number of aromatic nitrogens is 6. The Kier molecular flexibility index (Phi) is 3.12. The van der Waals surface area contributed by atoms with E-state index in [-0.39, 0.29) is 0 Å². The summed E-state index contributed by atoms with van der Waals surface area (Å²) in [6.45, 7) is 2.94. The summed E-state index contributed by atoms with van der Waals surface area (Å²) in [5, 5.41) is 8.47. The Hall–Kier alpha value is -2.02. The molecule has 3 heterocycles. The standard InChI is InChI=1S/C12H17N7/c1-8(4-5-13)2-3-9-17-18-12-10-11(15-6-14-10)16-7-19(9)12/h6-8H,2-5,13H2,1H3,(H,14,15). The molecule has 0 aromatic carbocycles. The molecule has 0 saturated heterocycles. The first-order valence-corrected chi connectivity index (χ1v) is 6.51. The number of aromatic amines is 1. The summed E-state index contributed by atoms with van der Waals surface area (Å²) < 4.78 is 1.93. The molecule has 0 amide bonds. The SMILES string of the molecule is CC(CCN)CCc1nnc2c3[nH]cnc3ncn12. The van der Waals surface area contributed by atoms with Crippen LogP contribution >= 0.6 is 0 Å². The Bertz CT molecular complexity index is 684. The number of nitrogens with two attached hydrogens (primary N) is 1. The lowest BCUT2D eigenvalue weighted by molar-refractivity contribution is 0.492. The molecular formula is C12H17N7. The molecule has 0 fully saturated rings. The molecule has 3 rings (SSSR count). The van der Waals surface area contributed by atoms with Crippen molar-refractivity contribution < 1.29 is 0 Å². The van der Waals surface area contributed by atoms with Crippen LogP contribution in [0.5, 0.6) is 0 Å². The van der Waals surface area contributed by atoms with Gasteiger partial charge in [0.25, 0.3) is 0 Å². The number of imidazole rings is 1. The van der Waals surface area contributed by atoms with Gasteiger partial charge in [-0.2, -0.15) is 0 Å². The maximum atomic E-state index is 5.57. The van der Waals surface area contributed by atoms with Crippen molar-refractivity contribution in [1.82, 2.24) is 29.5 Å². The van der Waals surface area contributed by atoms with Gasteiger partial charge in [-0.05, 0) is 25.3 Å². The van der Waals surface area contributed by atoms with Crippen LogP contribution in [0, 0.1) is 5.92 Å². The zero-order valence-electron chi connectivity index (χ0n) is 10.9. The van der Waals surface area contributed by atoms with Crippen LogP contribution in [0.3, 0.4) is 0 Å². The minimum Gasteiger partial charge on any atom is -0.340 e. The molecule has 0 aliphatic carbocycles. The number of hydrogen-bond donors (Lipinski definition) is 2. The molecule has 0 aliphatic heterocycles. The largest absolute Gasteiger partial charge is 0.340 e. The summed E-state index contributed by atoms with van der Waals surface area (Å²) in [6.07, 6.45) is 6.33. The molecule has 0 spiro atoms. The predicted octanol–water partition coefficient (Wildman–Crippen LogP) is 0.918. The third kappa shape index (κ3) is 2.17. The molecule has 19 heavy (non-hydrogen) atoms. The summed E-state index contributed by atoms with van der Waals surface area (Å²) in [5.41, 5.74) is 7.85. The van der Waals surface area contributed by atoms with Gasteiger partial charge >= 0.3 is 0 Å². The van der Waals surface area contributed by atoms with Crippen LogP contribution in [0.15, 0.2) is 12.7 Å². The van der Waals surface area contributed by atoms with Crippen LogP contribution < -0.4 is 5.73 Å². The second-order valence-electron chi connectivity index (χ2n) is 4.88. The highest BCUT2D eigenvalue weighted by atomic mass is 15.3. The fourth-order valence-electron chi connectivity index (χ4n) is 2.25. The van der Waals surface area contributed by atoms with E-state index in [0.717, 1.165) is 42.8 Å². The molecule has 0 saturated carbocycles. The van der Waals surface area contributed by atoms with E-state index in [9.17, 15) is 0 Å². The minimum atomic E-state index is 0.598. The quantitative estimate of drug-likeness (QED) is 0.710. The van der Waals surface area contributed by atoms with Gasteiger partial charge in [0.2, 0.25) is 0 Å². The average Bonchev–Trinajstić information content (AvgIpc) is 3.02. The van der Waals surface area contributed by atoms with E-state index < -0.39 is 0 Å². The zero-order chi connectivity index (χ0) is 13.2. The fourth-order valence-corrected chi connectivity index (χ4v) is 2.25. The average molecular weight is 259 g/mol. The smallest absolute Gasteiger partial charge is 0.189 e. The molecular weight excluding hydrogens is 242 g/mol. The lowest BCUT2D eigenvalue weighted by atomic mass is 10.0. The van der Waals surface area contributed by atoms with Crippen molar-refractivity contribution in [3.05, 3.63) is 18.5 Å². The van der Waals surface area contributed by atoms with Crippen LogP contribution in [0.25, 0.3) is 16.8 Å². The molecule has 0 aliphatic rings. The number of aryl methyl sites for hydroxylation is 1. The molecule has 0 radical (unpaired) electrons. The van der Waals surface area contributed by atoms with E-state index in [1.165, 1.54) is 0 Å². The maximum Gasteiger partial charge on any atom is 0.189 e. The van der Waals surface area contributed by atoms with Crippen LogP contribution in [0.4, 0.5) is 0 Å². The van der Waals surface area contributed by atoms with Crippen molar-refractivity contribution in [1.29, 1.82) is 0 Å². The third-order valence-corrected chi connectivity index (χ3v) is 3.43. The molecule has 1 atom stereocenters. The molecule has 3 aromatic heterocycles. The number of rotatable bonds is 5. The monoisotopic (exact) mass is 259 g/mol. The van der Waals surface area contributed by atoms with Crippen molar-refractivity contribution in [3.63, 3.8) is 0 Å². The van der Waals surface area contributed by atoms with Gasteiger partial charge in [-0.3, -0.25) is 4.40 Å². The number of fused-ring (bicyclic) bond motifs is 3. The summed E-state index contributed by atoms with van der Waals surface area (Å²) in [5.74, 6) is 1.53. The highest BCUT2D eigenvalue weighted by Crippen LogP contribution is 2.15. The van der Waals surface area contributed by atoms with E-state index in [0.29, 0.717) is 11.6 Å². The van der Waals surface area contributed by atoms with Crippen molar-refractivity contribution in [2.75, 3.05) is 6.54 Å². The van der Waals surface area contributed by atoms with Gasteiger partial charge in [0, 0.05) is 6.42 Å². The van der Waals surface area contributed by atoms with E-state index in [1.54, 1.807) is 12.7 Å². The Balaban J connectivity index is 1.88. The van der Waals surface area contributed by atoms with Crippen molar-refractivity contribution in [3.8, 4) is 0 Å². The van der Waals surface area contributed by atoms with E-state index in [1.807, 2.05) is 4.40 Å². The summed E-state index contributed by atoms with van der Waals surface area (Å²) in [6, 6.07) is 0. The second kappa shape index (κ2) is 4.93. The van der Waals surface area contributed by atoms with E-state index >= 15 is 0 Å². The summed E-state index contributed by atoms with van der Waals surface area (Å²) in [4.78, 5) is 11.4. The van der Waals surface area contributed by atoms with Gasteiger partial charge in [0.15, 0.2) is 11.3 Å². The minimum absolute atomic E-state index is 0.598. The number of nitrogens with zero attached hydrogens (tertiary/aromatic N) is 5. The topological polar surface area (TPSA) is 97.8 Å². The first kappa shape index (κ1) is 12.0. The Morgan fingerprint density at radius 1 is 1.32 bits per heavy atom. The maximum absolute atomic E-state index is 5.57. The van der Waals surface area contributed by atoms with Gasteiger partial charge in [-0.1, -0.05) is 6.92 Å². The molecule has 3 aromatic rings. The number of nitrogens with one attached hydrogen (secondary N) is 1. The Labute approximate surface area is 110 Å². The number of hydrogen-bond acceptors (Lipinski definition) is 5. The van der Waals surface area contributed by atoms with Crippen molar-refractivity contribution in [2.24, 2.45) is 11.7 Å². The molecule has 0 bridgehead atoms. The Morgan fingerprint density at radius 2 is 2.21 bits per heavy atom. The second-order valence-corrected chi connectivity index (χ2v) is 4.88. The van der Waals surface area contributed by atoms with Gasteiger partial charge in [0.05, 0.1) is 6.33 Å². The highest BCUT2D eigenvalue weighted by molar-refractivity contribution is 5.84. The third-order valence-electron chi connectivity index (χ3n) is 3.43. The molecule has 3 N–H and O–H groups in total. The summed E-state index contributed by atoms with van der Waals surface area (Å²) >= 11 is 0. The van der Waals surface area contributed by atoms with E-state index in [2.05, 4.69) is 32.1 Å². The molecule has 1 unspecified atom stereocenters. The lowest BCUT2D eigenvalue weighted by Crippen LogP contribution is -2.07. The fraction of sp³-hybridized carbons (Fsp3) is 0.500. The van der Waals surface area contributed by atoms with Crippen LogP contribution in [0.2, 0.25) is 0 Å². The van der Waals surface area contributed by atoms with Gasteiger partial charge in [0.1, 0.15) is 17.7 Å². The van der Waals surface area contributed by atoms with E-state index in [4.69, 9.17) is 5.73 Å². The first-order chi connectivity index (χ1) is 9.29. The van der Waals surface area contributed by atoms with Crippen LogP contribution in [-0.2, 0) is 6.42 Å². The first-order valence-electron chi connectivity index (χ1n) is 6.51. The predicted molar refractivity (Wildman–Crippen MR) is 71.6 cm³/mol. The Morgan fingerprint density at radius 3 is 3.05 bits per heavy atom. The highest BCUT2D eigenvalue weighted by Gasteiger charge is 2.12. The van der Waals surface area contributed by atoms with Crippen LogP contribution in [-0.4, -0.2) is 36.1 Å². The van der Waals surface area contributed by atoms with Crippen molar-refractivity contribution in [2.45, 2.75) is 26.2 Å². The molecule has 7 heteroatoms. The van der Waals surface area contributed by atoms with Gasteiger partial charge in [-0.25, -0.2) is 9.97 Å². The zero-order valence-corrected chi connectivity index (χ0v) is 10.9. The molecule has 100 valence electrons. The lowest BCUT2D eigenvalue weighted by Gasteiger charge is -2.08. The van der Waals surface area contributed by atoms with Crippen molar-refractivity contribution >= 4 is 16.8 Å². The van der Waals surface area contributed by atoms with Gasteiger partial charge in [-0.15, -0.1) is 10.2 Å². The van der Waals surface area contributed by atoms with Gasteiger partial charge < -0.3 is 10.7 Å². The van der Waals surface area contributed by atoms with Crippen LogP contribution in [0.1, 0.15) is 25.6 Å². The number of H-pyrrole nitrogens is 1. The molecule has 7 nitrogen and oxygen atoms in total. The normalized spacial score (nSPS) is 13.4. The summed E-state index contributed by atoms with van der Waals surface area (Å²) in [7, 11) is 0.